The average Bonchev–Trinajstić information content (AvgIpc) is 3.46. The molecule has 0 radical (unpaired) electrons. The van der Waals surface area contributed by atoms with Crippen LogP contribution in [0.25, 0.3) is 5.69 Å². The molecule has 1 aliphatic carbocycles. The van der Waals surface area contributed by atoms with E-state index in [4.69, 9.17) is 14.5 Å². The summed E-state index contributed by atoms with van der Waals surface area (Å²) in [4.78, 5) is 4.86. The van der Waals surface area contributed by atoms with Gasteiger partial charge in [0.2, 0.25) is 0 Å². The van der Waals surface area contributed by atoms with E-state index in [0.717, 1.165) is 29.1 Å². The van der Waals surface area contributed by atoms with E-state index in [1.165, 1.54) is 11.1 Å². The van der Waals surface area contributed by atoms with Gasteiger partial charge in [0.1, 0.15) is 18.0 Å². The van der Waals surface area contributed by atoms with Gasteiger partial charge in [0, 0.05) is 23.6 Å². The molecule has 0 spiro atoms. The molecule has 0 unspecified atom stereocenters. The van der Waals surface area contributed by atoms with Crippen molar-refractivity contribution in [3.63, 3.8) is 0 Å². The fraction of sp³-hybridized carbons (Fsp3) is 0.185. The summed E-state index contributed by atoms with van der Waals surface area (Å²) < 4.78 is 14.1. The fourth-order valence-electron chi connectivity index (χ4n) is 4.47. The summed E-state index contributed by atoms with van der Waals surface area (Å²) in [5.74, 6) is 1.82. The Kier molecular flexibility index (Phi) is 5.67. The predicted molar refractivity (Wildman–Crippen MR) is 122 cm³/mol. The molecule has 0 saturated carbocycles. The summed E-state index contributed by atoms with van der Waals surface area (Å²) in [5.41, 5.74) is 6.23. The van der Waals surface area contributed by atoms with Crippen LogP contribution in [0.1, 0.15) is 34.1 Å². The number of hydrogen-bond donors (Lipinski definition) is 0. The summed E-state index contributed by atoms with van der Waals surface area (Å²) in [6.45, 7) is 4.00. The molecular formula is C27H21N3O2Pt. The van der Waals surface area contributed by atoms with Crippen molar-refractivity contribution in [3.05, 3.63) is 107 Å². The first-order valence-electron chi connectivity index (χ1n) is 10.7. The number of aryl methyl sites for hydroxylation is 2. The standard InChI is InChI=1S/C27H21N3O2.Pt/c1-17-13-18(2)30(29-17)21-9-6-11-23(16-21)31-22-10-5-8-20(14-22)27-28-26-24-12-4-3-7-19(24)15-25(26)32-27;/h3-13,25-26H,15H2,1-2H3;/q-2;+2/t25-,26+;/m0./s1. The maximum atomic E-state index is 6.20. The van der Waals surface area contributed by atoms with Crippen LogP contribution in [0, 0.1) is 26.0 Å². The largest absolute Gasteiger partial charge is 2.00 e. The Hall–Kier alpha value is -3.17. The molecule has 0 N–H and O–H groups in total. The van der Waals surface area contributed by atoms with Gasteiger partial charge in [-0.25, -0.2) is 0 Å². The van der Waals surface area contributed by atoms with Crippen molar-refractivity contribution in [1.82, 2.24) is 9.78 Å². The zero-order valence-electron chi connectivity index (χ0n) is 18.2. The van der Waals surface area contributed by atoms with E-state index in [1.807, 2.05) is 61.0 Å². The van der Waals surface area contributed by atoms with Gasteiger partial charge >= 0.3 is 21.1 Å². The predicted octanol–water partition coefficient (Wildman–Crippen LogP) is 5.32. The minimum atomic E-state index is 0. The number of nitrogens with zero attached hydrogens (tertiary/aromatic N) is 3. The number of fused-ring (bicyclic) bond motifs is 3. The van der Waals surface area contributed by atoms with E-state index in [1.54, 1.807) is 0 Å². The van der Waals surface area contributed by atoms with Gasteiger partial charge in [-0.05, 0) is 36.7 Å². The normalized spacial score (nSPS) is 18.1. The van der Waals surface area contributed by atoms with Crippen molar-refractivity contribution in [1.29, 1.82) is 0 Å². The van der Waals surface area contributed by atoms with Crippen molar-refractivity contribution in [2.24, 2.45) is 4.99 Å². The Labute approximate surface area is 207 Å². The fourth-order valence-corrected chi connectivity index (χ4v) is 4.47. The molecule has 3 aromatic carbocycles. The Morgan fingerprint density at radius 3 is 2.58 bits per heavy atom. The van der Waals surface area contributed by atoms with Gasteiger partial charge in [0.15, 0.2) is 0 Å². The molecule has 5 nitrogen and oxygen atoms in total. The van der Waals surface area contributed by atoms with E-state index in [0.29, 0.717) is 17.4 Å². The van der Waals surface area contributed by atoms with Crippen LogP contribution in [-0.4, -0.2) is 21.8 Å². The van der Waals surface area contributed by atoms with Crippen LogP contribution in [0.5, 0.6) is 11.5 Å². The van der Waals surface area contributed by atoms with E-state index < -0.39 is 0 Å². The Morgan fingerprint density at radius 2 is 1.76 bits per heavy atom. The van der Waals surface area contributed by atoms with Gasteiger partial charge in [-0.15, -0.1) is 36.4 Å². The summed E-state index contributed by atoms with van der Waals surface area (Å²) in [5, 5.41) is 4.53. The number of rotatable bonds is 4. The molecule has 0 amide bonds. The second kappa shape index (κ2) is 8.64. The van der Waals surface area contributed by atoms with E-state index in [-0.39, 0.29) is 33.2 Å². The molecule has 4 aromatic rings. The molecule has 0 fully saturated rings. The third kappa shape index (κ3) is 4.02. The van der Waals surface area contributed by atoms with E-state index in [9.17, 15) is 0 Å². The van der Waals surface area contributed by atoms with Crippen LogP contribution < -0.4 is 4.74 Å². The van der Waals surface area contributed by atoms with Crippen molar-refractivity contribution in [2.45, 2.75) is 32.4 Å². The van der Waals surface area contributed by atoms with E-state index in [2.05, 4.69) is 41.5 Å². The van der Waals surface area contributed by atoms with Crippen molar-refractivity contribution in [3.8, 4) is 17.2 Å². The first-order chi connectivity index (χ1) is 15.6. The Balaban J connectivity index is 0.00000228. The van der Waals surface area contributed by atoms with Crippen molar-refractivity contribution < 1.29 is 30.5 Å². The molecule has 0 bridgehead atoms. The third-order valence-electron chi connectivity index (χ3n) is 5.88. The van der Waals surface area contributed by atoms with Crippen LogP contribution >= 0.6 is 0 Å². The summed E-state index contributed by atoms with van der Waals surface area (Å²) in [6, 6.07) is 28.7. The number of ether oxygens (including phenoxy) is 2. The summed E-state index contributed by atoms with van der Waals surface area (Å²) in [7, 11) is 0. The van der Waals surface area contributed by atoms with Gasteiger partial charge in [-0.1, -0.05) is 35.9 Å². The first-order valence-corrected chi connectivity index (χ1v) is 10.7. The topological polar surface area (TPSA) is 48.6 Å². The molecule has 0 saturated heterocycles. The molecule has 2 aliphatic rings. The zero-order chi connectivity index (χ0) is 21.7. The zero-order valence-corrected chi connectivity index (χ0v) is 20.5. The minimum Gasteiger partial charge on any atom is -0.514 e. The van der Waals surface area contributed by atoms with Gasteiger partial charge in [-0.2, -0.15) is 11.2 Å². The second-order valence-corrected chi connectivity index (χ2v) is 8.21. The molecule has 1 aliphatic heterocycles. The van der Waals surface area contributed by atoms with E-state index >= 15 is 0 Å². The quantitative estimate of drug-likeness (QED) is 0.293. The second-order valence-electron chi connectivity index (χ2n) is 8.21. The molecule has 6 rings (SSSR count). The minimum absolute atomic E-state index is 0. The maximum absolute atomic E-state index is 6.20. The summed E-state index contributed by atoms with van der Waals surface area (Å²) in [6.07, 6.45) is 0.948. The first kappa shape index (κ1) is 21.7. The average molecular weight is 615 g/mol. The van der Waals surface area contributed by atoms with Crippen LogP contribution in [0.4, 0.5) is 0 Å². The van der Waals surface area contributed by atoms with Gasteiger partial charge < -0.3 is 9.47 Å². The Bertz CT molecular complexity index is 1360. The van der Waals surface area contributed by atoms with Crippen molar-refractivity contribution >= 4 is 5.90 Å². The van der Waals surface area contributed by atoms with Gasteiger partial charge in [0.25, 0.3) is 0 Å². The van der Waals surface area contributed by atoms with Crippen molar-refractivity contribution in [2.75, 3.05) is 0 Å². The summed E-state index contributed by atoms with van der Waals surface area (Å²) >= 11 is 0. The number of benzene rings is 3. The smallest absolute Gasteiger partial charge is 0.514 e. The van der Waals surface area contributed by atoms with Crippen LogP contribution in [0.3, 0.4) is 0 Å². The number of hydrogen-bond acceptors (Lipinski definition) is 4. The molecule has 33 heavy (non-hydrogen) atoms. The van der Waals surface area contributed by atoms with Gasteiger partial charge in [0.05, 0.1) is 5.69 Å². The van der Waals surface area contributed by atoms with Crippen LogP contribution in [-0.2, 0) is 32.2 Å². The molecule has 166 valence electrons. The molecule has 2 heterocycles. The Morgan fingerprint density at radius 1 is 0.970 bits per heavy atom. The van der Waals surface area contributed by atoms with Gasteiger partial charge in [-0.3, -0.25) is 9.67 Å². The van der Waals surface area contributed by atoms with Crippen LogP contribution in [0.15, 0.2) is 71.7 Å². The molecular weight excluding hydrogens is 593 g/mol. The molecule has 1 aromatic heterocycles. The number of aromatic nitrogens is 2. The third-order valence-corrected chi connectivity index (χ3v) is 5.88. The number of aliphatic imine (C=N–C) groups is 1. The SMILES string of the molecule is Cc1cc(C)n(-c2[c-]c(Oc3[c-]c(C4=N[C@@H]5c6ccccc6C[C@@H]5O4)ccc3)ccc2)n1.[Pt+2]. The maximum Gasteiger partial charge on any atom is 2.00 e. The monoisotopic (exact) mass is 614 g/mol. The van der Waals surface area contributed by atoms with Crippen LogP contribution in [0.2, 0.25) is 0 Å². The molecule has 6 heteroatoms. The molecule has 2 atom stereocenters.